The van der Waals surface area contributed by atoms with Crippen LogP contribution in [0.1, 0.15) is 55.5 Å². The zero-order valence-corrected chi connectivity index (χ0v) is 15.8. The Balaban J connectivity index is 1.98. The van der Waals surface area contributed by atoms with Crippen LogP contribution < -0.4 is 16.5 Å². The number of allylic oxidation sites excluding steroid dienone is 1. The second-order valence-electron chi connectivity index (χ2n) is 7.43. The minimum Gasteiger partial charge on any atom is -0.338 e. The van der Waals surface area contributed by atoms with Gasteiger partial charge in [-0.15, -0.1) is 0 Å². The summed E-state index contributed by atoms with van der Waals surface area (Å²) in [6.07, 6.45) is 8.66. The van der Waals surface area contributed by atoms with Gasteiger partial charge >= 0.3 is 0 Å². The van der Waals surface area contributed by atoms with Gasteiger partial charge in [0.1, 0.15) is 6.04 Å². The van der Waals surface area contributed by atoms with Crippen LogP contribution in [0.5, 0.6) is 0 Å². The first-order valence-corrected chi connectivity index (χ1v) is 9.12. The van der Waals surface area contributed by atoms with Crippen LogP contribution in [-0.2, 0) is 4.79 Å². The van der Waals surface area contributed by atoms with E-state index in [4.69, 9.17) is 10.9 Å². The molecule has 1 aromatic carbocycles. The second kappa shape index (κ2) is 9.36. The monoisotopic (exact) mass is 369 g/mol. The van der Waals surface area contributed by atoms with E-state index < -0.39 is 23.4 Å². The molecule has 5 N–H and O–H groups in total. The molecule has 0 heterocycles. The van der Waals surface area contributed by atoms with E-state index in [1.807, 2.05) is 12.2 Å². The molecule has 6 nitrogen and oxygen atoms in total. The van der Waals surface area contributed by atoms with E-state index >= 15 is 0 Å². The first-order chi connectivity index (χ1) is 12.8. The van der Waals surface area contributed by atoms with Gasteiger partial charge in [-0.25, -0.2) is 5.48 Å². The Kier molecular flexibility index (Phi) is 7.17. The number of hydrogen-bond acceptors (Lipinski definition) is 4. The van der Waals surface area contributed by atoms with Gasteiger partial charge < -0.3 is 11.1 Å². The van der Waals surface area contributed by atoms with Crippen LogP contribution in [0.2, 0.25) is 0 Å². The van der Waals surface area contributed by atoms with E-state index in [2.05, 4.69) is 17.2 Å². The molecule has 0 aromatic heterocycles. The fourth-order valence-electron chi connectivity index (χ4n) is 2.99. The highest BCUT2D eigenvalue weighted by Gasteiger charge is 2.33. The molecule has 1 aliphatic rings. The van der Waals surface area contributed by atoms with Crippen LogP contribution in [0.3, 0.4) is 0 Å². The molecule has 1 fully saturated rings. The average Bonchev–Trinajstić information content (AvgIpc) is 3.15. The van der Waals surface area contributed by atoms with Crippen molar-refractivity contribution in [1.29, 1.82) is 0 Å². The maximum atomic E-state index is 12.4. The van der Waals surface area contributed by atoms with Gasteiger partial charge in [0.25, 0.3) is 11.8 Å². The lowest BCUT2D eigenvalue weighted by Crippen LogP contribution is -2.61. The number of hydrogen-bond donors (Lipinski definition) is 4. The first-order valence-electron chi connectivity index (χ1n) is 9.12. The molecular weight excluding hydrogens is 342 g/mol. The van der Waals surface area contributed by atoms with Crippen molar-refractivity contribution in [3.8, 4) is 11.8 Å². The van der Waals surface area contributed by atoms with Gasteiger partial charge in [0.05, 0.1) is 0 Å². The molecule has 2 amide bonds. The molecule has 144 valence electrons. The molecule has 0 spiro atoms. The zero-order chi connectivity index (χ0) is 19.9. The van der Waals surface area contributed by atoms with Crippen molar-refractivity contribution in [2.45, 2.75) is 51.1 Å². The number of benzene rings is 1. The molecule has 1 saturated carbocycles. The Morgan fingerprint density at radius 2 is 1.89 bits per heavy atom. The first kappa shape index (κ1) is 20.7. The Bertz CT molecular complexity index is 746. The summed E-state index contributed by atoms with van der Waals surface area (Å²) in [7, 11) is 0. The summed E-state index contributed by atoms with van der Waals surface area (Å²) in [5.41, 5.74) is 7.72. The van der Waals surface area contributed by atoms with Crippen LogP contribution in [-0.4, -0.2) is 28.6 Å². The average molecular weight is 369 g/mol. The molecule has 2 rings (SSSR count). The van der Waals surface area contributed by atoms with E-state index in [-0.39, 0.29) is 0 Å². The summed E-state index contributed by atoms with van der Waals surface area (Å²) >= 11 is 0. The standard InChI is InChI=1S/C21H27N3O3/c1-21(2,22)18(20(26)24-27)23-19(25)17-13-11-16(12-14-17)10-6-5-9-15-7-3-4-8-15/h6,10-15,18,27H,3-4,7-8,22H2,1-2H3,(H,23,25)(H,24,26)/b10-6+/t18-/m1/s1. The molecule has 0 saturated heterocycles. The summed E-state index contributed by atoms with van der Waals surface area (Å²) in [6.45, 7) is 3.18. The summed E-state index contributed by atoms with van der Waals surface area (Å²) in [4.78, 5) is 24.1. The van der Waals surface area contributed by atoms with Crippen molar-refractivity contribution < 1.29 is 14.8 Å². The number of hydroxylamine groups is 1. The normalized spacial score (nSPS) is 15.9. The fourth-order valence-corrected chi connectivity index (χ4v) is 2.99. The minimum atomic E-state index is -1.07. The molecule has 1 aliphatic carbocycles. The summed E-state index contributed by atoms with van der Waals surface area (Å²) in [6, 6.07) is 5.86. The smallest absolute Gasteiger partial charge is 0.267 e. The van der Waals surface area contributed by atoms with E-state index in [1.54, 1.807) is 38.1 Å². The van der Waals surface area contributed by atoms with Gasteiger partial charge in [0.2, 0.25) is 0 Å². The van der Waals surface area contributed by atoms with Crippen molar-refractivity contribution in [3.63, 3.8) is 0 Å². The third-order valence-corrected chi connectivity index (χ3v) is 4.57. The van der Waals surface area contributed by atoms with Crippen molar-refractivity contribution in [3.05, 3.63) is 41.5 Å². The third kappa shape index (κ3) is 6.24. The topological polar surface area (TPSA) is 104 Å². The van der Waals surface area contributed by atoms with Gasteiger partial charge in [-0.2, -0.15) is 0 Å². The highest BCUT2D eigenvalue weighted by molar-refractivity contribution is 5.98. The summed E-state index contributed by atoms with van der Waals surface area (Å²) < 4.78 is 0. The molecule has 27 heavy (non-hydrogen) atoms. The van der Waals surface area contributed by atoms with Crippen LogP contribution >= 0.6 is 0 Å². The number of rotatable bonds is 5. The lowest BCUT2D eigenvalue weighted by atomic mass is 9.95. The van der Waals surface area contributed by atoms with Crippen LogP contribution in [0, 0.1) is 17.8 Å². The molecular formula is C21H27N3O3. The van der Waals surface area contributed by atoms with Gasteiger partial charge in [-0.3, -0.25) is 14.8 Å². The maximum Gasteiger partial charge on any atom is 0.267 e. The van der Waals surface area contributed by atoms with Crippen LogP contribution in [0.15, 0.2) is 30.3 Å². The Hall–Kier alpha value is -2.62. The minimum absolute atomic E-state index is 0.393. The van der Waals surface area contributed by atoms with Gasteiger partial charge in [-0.05, 0) is 56.5 Å². The quantitative estimate of drug-likeness (QED) is 0.363. The third-order valence-electron chi connectivity index (χ3n) is 4.57. The van der Waals surface area contributed by atoms with E-state index in [9.17, 15) is 9.59 Å². The highest BCUT2D eigenvalue weighted by Crippen LogP contribution is 2.23. The highest BCUT2D eigenvalue weighted by atomic mass is 16.5. The van der Waals surface area contributed by atoms with E-state index in [1.165, 1.54) is 31.2 Å². The molecule has 0 bridgehead atoms. The Labute approximate surface area is 160 Å². The van der Waals surface area contributed by atoms with Crippen molar-refractivity contribution in [2.75, 3.05) is 0 Å². The molecule has 1 atom stereocenters. The number of nitrogens with one attached hydrogen (secondary N) is 2. The second-order valence-corrected chi connectivity index (χ2v) is 7.43. The predicted octanol–water partition coefficient (Wildman–Crippen LogP) is 2.23. The largest absolute Gasteiger partial charge is 0.338 e. The fraction of sp³-hybridized carbons (Fsp3) is 0.429. The lowest BCUT2D eigenvalue weighted by Gasteiger charge is -2.29. The van der Waals surface area contributed by atoms with Gasteiger partial charge in [-0.1, -0.05) is 36.8 Å². The predicted molar refractivity (Wildman–Crippen MR) is 105 cm³/mol. The lowest BCUT2D eigenvalue weighted by molar-refractivity contribution is -0.132. The molecule has 1 aromatic rings. The Morgan fingerprint density at radius 1 is 1.26 bits per heavy atom. The zero-order valence-electron chi connectivity index (χ0n) is 15.8. The number of carbonyl (C=O) groups is 2. The van der Waals surface area contributed by atoms with Crippen LogP contribution in [0.4, 0.5) is 0 Å². The molecule has 0 aliphatic heterocycles. The summed E-state index contributed by atoms with van der Waals surface area (Å²) in [5.74, 6) is 5.66. The van der Waals surface area contributed by atoms with E-state index in [0.717, 1.165) is 5.56 Å². The van der Waals surface area contributed by atoms with Crippen LogP contribution in [0.25, 0.3) is 6.08 Å². The Morgan fingerprint density at radius 3 is 2.44 bits per heavy atom. The molecule has 6 heteroatoms. The van der Waals surface area contributed by atoms with Crippen molar-refractivity contribution in [2.24, 2.45) is 11.7 Å². The maximum absolute atomic E-state index is 12.4. The number of amides is 2. The molecule has 0 radical (unpaired) electrons. The van der Waals surface area contributed by atoms with Crippen molar-refractivity contribution >= 4 is 17.9 Å². The summed E-state index contributed by atoms with van der Waals surface area (Å²) in [5, 5.41) is 11.4. The van der Waals surface area contributed by atoms with Gasteiger partial charge in [0.15, 0.2) is 0 Å². The molecule has 0 unspecified atom stereocenters. The number of nitrogens with two attached hydrogens (primary N) is 1. The van der Waals surface area contributed by atoms with Crippen molar-refractivity contribution in [1.82, 2.24) is 10.8 Å². The SMILES string of the molecule is CC(C)(N)[C@H](NC(=O)c1ccc(/C=C/C#CC2CCCC2)cc1)C(=O)NO. The van der Waals surface area contributed by atoms with Gasteiger partial charge in [0, 0.05) is 17.0 Å². The number of carbonyl (C=O) groups excluding carboxylic acids is 2. The van der Waals surface area contributed by atoms with E-state index in [0.29, 0.717) is 11.5 Å².